The molecule has 0 atom stereocenters. The van der Waals surface area contributed by atoms with Gasteiger partial charge in [0.15, 0.2) is 0 Å². The lowest BCUT2D eigenvalue weighted by Crippen LogP contribution is -2.47. The maximum Gasteiger partial charge on any atom is 0.252 e. The van der Waals surface area contributed by atoms with E-state index in [2.05, 4.69) is 9.71 Å². The number of aromatic nitrogens is 1. The van der Waals surface area contributed by atoms with E-state index in [1.54, 1.807) is 30.3 Å². The number of benzene rings is 2. The first-order valence-electron chi connectivity index (χ1n) is 9.22. The van der Waals surface area contributed by atoms with E-state index >= 15 is 0 Å². The van der Waals surface area contributed by atoms with Gasteiger partial charge in [0.25, 0.3) is 5.56 Å². The molecule has 2 N–H and O–H groups in total. The zero-order valence-electron chi connectivity index (χ0n) is 16.6. The molecule has 0 fully saturated rings. The third-order valence-electron chi connectivity index (χ3n) is 4.83. The van der Waals surface area contributed by atoms with Crippen molar-refractivity contribution in [2.24, 2.45) is 0 Å². The lowest BCUT2D eigenvalue weighted by molar-refractivity contribution is 0.323. The molecule has 6 heteroatoms. The molecule has 0 saturated carbocycles. The van der Waals surface area contributed by atoms with Gasteiger partial charge < -0.3 is 4.98 Å². The van der Waals surface area contributed by atoms with Crippen molar-refractivity contribution in [3.8, 4) is 0 Å². The van der Waals surface area contributed by atoms with E-state index < -0.39 is 21.0 Å². The minimum absolute atomic E-state index is 0.148. The molecule has 0 bridgehead atoms. The zero-order valence-corrected chi connectivity index (χ0v) is 17.4. The Balaban J connectivity index is 1.91. The summed E-state index contributed by atoms with van der Waals surface area (Å²) in [7, 11) is -3.65. The molecular formula is C22H26N2O3S. The van der Waals surface area contributed by atoms with Gasteiger partial charge in [0.2, 0.25) is 10.0 Å². The zero-order chi connectivity index (χ0) is 20.6. The molecule has 5 nitrogen and oxygen atoms in total. The molecule has 0 saturated heterocycles. The largest absolute Gasteiger partial charge is 0.322 e. The highest BCUT2D eigenvalue weighted by Crippen LogP contribution is 2.32. The molecule has 1 aromatic heterocycles. The Morgan fingerprint density at radius 3 is 2.21 bits per heavy atom. The van der Waals surface area contributed by atoms with E-state index in [0.717, 1.165) is 10.9 Å². The van der Waals surface area contributed by atoms with Gasteiger partial charge in [0.05, 0.1) is 4.90 Å². The summed E-state index contributed by atoms with van der Waals surface area (Å²) < 4.78 is 28.3. The summed E-state index contributed by atoms with van der Waals surface area (Å²) in [6.45, 7) is 7.60. The summed E-state index contributed by atoms with van der Waals surface area (Å²) in [4.78, 5) is 15.8. The summed E-state index contributed by atoms with van der Waals surface area (Å²) in [6.07, 6.45) is 0.452. The van der Waals surface area contributed by atoms with Crippen molar-refractivity contribution in [2.45, 2.75) is 50.0 Å². The number of pyridine rings is 1. The standard InChI is InChI=1S/C22H26N2O3S/c1-21(2,18-14-16-10-8-9-13-19(16)23-20(18)25)15-22(3,4)24-28(26,27)17-11-6-5-7-12-17/h5-14,24H,15H2,1-4H3,(H,23,25). The minimum Gasteiger partial charge on any atom is -0.322 e. The Hall–Kier alpha value is -2.44. The smallest absolute Gasteiger partial charge is 0.252 e. The third-order valence-corrected chi connectivity index (χ3v) is 6.54. The second-order valence-corrected chi connectivity index (χ2v) is 10.1. The fraction of sp³-hybridized carbons (Fsp3) is 0.318. The van der Waals surface area contributed by atoms with Crippen LogP contribution in [0.3, 0.4) is 0 Å². The predicted molar refractivity (Wildman–Crippen MR) is 113 cm³/mol. The van der Waals surface area contributed by atoms with Gasteiger partial charge in [-0.3, -0.25) is 4.79 Å². The third kappa shape index (κ3) is 4.34. The fourth-order valence-corrected chi connectivity index (χ4v) is 5.34. The molecule has 0 spiro atoms. The van der Waals surface area contributed by atoms with Gasteiger partial charge in [0.1, 0.15) is 0 Å². The van der Waals surface area contributed by atoms with Crippen molar-refractivity contribution in [2.75, 3.05) is 0 Å². The number of sulfonamides is 1. The molecule has 1 heterocycles. The monoisotopic (exact) mass is 398 g/mol. The van der Waals surface area contributed by atoms with E-state index in [1.807, 2.05) is 58.0 Å². The summed E-state index contributed by atoms with van der Waals surface area (Å²) in [5.41, 5.74) is -0.0176. The maximum atomic E-state index is 12.7. The predicted octanol–water partition coefficient (Wildman–Crippen LogP) is 3.95. The normalized spacial score (nSPS) is 13.0. The molecule has 0 aliphatic rings. The Kier molecular flexibility index (Phi) is 5.21. The van der Waals surface area contributed by atoms with E-state index in [1.165, 1.54) is 0 Å². The van der Waals surface area contributed by atoms with Crippen molar-refractivity contribution in [3.63, 3.8) is 0 Å². The van der Waals surface area contributed by atoms with Crippen molar-refractivity contribution in [1.82, 2.24) is 9.71 Å². The highest BCUT2D eigenvalue weighted by molar-refractivity contribution is 7.89. The van der Waals surface area contributed by atoms with Crippen molar-refractivity contribution in [3.05, 3.63) is 76.6 Å². The molecule has 148 valence electrons. The molecule has 0 aliphatic heterocycles. The number of para-hydroxylation sites is 1. The van der Waals surface area contributed by atoms with Crippen LogP contribution in [-0.4, -0.2) is 18.9 Å². The summed E-state index contributed by atoms with van der Waals surface area (Å²) in [5.74, 6) is 0. The highest BCUT2D eigenvalue weighted by Gasteiger charge is 2.35. The van der Waals surface area contributed by atoms with Crippen LogP contribution in [-0.2, 0) is 15.4 Å². The van der Waals surface area contributed by atoms with Gasteiger partial charge in [-0.15, -0.1) is 0 Å². The van der Waals surface area contributed by atoms with Crippen molar-refractivity contribution >= 4 is 20.9 Å². The average Bonchev–Trinajstić information content (AvgIpc) is 2.60. The van der Waals surface area contributed by atoms with Crippen LogP contribution in [0.15, 0.2) is 70.4 Å². The Bertz CT molecular complexity index is 1150. The van der Waals surface area contributed by atoms with Gasteiger partial charge in [-0.1, -0.05) is 50.2 Å². The van der Waals surface area contributed by atoms with E-state index in [4.69, 9.17) is 0 Å². The second kappa shape index (κ2) is 7.18. The SMILES string of the molecule is CC(C)(CC(C)(C)c1cc2ccccc2[nH]c1=O)NS(=O)(=O)c1ccccc1. The summed E-state index contributed by atoms with van der Waals surface area (Å²) in [6, 6.07) is 17.8. The number of fused-ring (bicyclic) bond motifs is 1. The van der Waals surface area contributed by atoms with Gasteiger partial charge in [-0.25, -0.2) is 13.1 Å². The van der Waals surface area contributed by atoms with Crippen LogP contribution in [0.4, 0.5) is 0 Å². The second-order valence-electron chi connectivity index (χ2n) is 8.46. The molecule has 3 rings (SSSR count). The van der Waals surface area contributed by atoms with E-state index in [0.29, 0.717) is 12.0 Å². The average molecular weight is 399 g/mol. The van der Waals surface area contributed by atoms with Crippen LogP contribution in [0.25, 0.3) is 10.9 Å². The van der Waals surface area contributed by atoms with E-state index in [9.17, 15) is 13.2 Å². The molecule has 0 unspecified atom stereocenters. The van der Waals surface area contributed by atoms with Gasteiger partial charge in [-0.05, 0) is 55.3 Å². The quantitative estimate of drug-likeness (QED) is 0.660. The number of H-pyrrole nitrogens is 1. The first kappa shape index (κ1) is 20.3. The molecule has 0 amide bonds. The fourth-order valence-electron chi connectivity index (χ4n) is 3.91. The summed E-state index contributed by atoms with van der Waals surface area (Å²) in [5, 5.41) is 0.952. The molecule has 0 aliphatic carbocycles. The number of rotatable bonds is 6. The Morgan fingerprint density at radius 2 is 1.54 bits per heavy atom. The van der Waals surface area contributed by atoms with E-state index in [-0.39, 0.29) is 10.5 Å². The number of hydrogen-bond acceptors (Lipinski definition) is 3. The van der Waals surface area contributed by atoms with Gasteiger partial charge >= 0.3 is 0 Å². The first-order chi connectivity index (χ1) is 13.0. The number of hydrogen-bond donors (Lipinski definition) is 2. The van der Waals surface area contributed by atoms with Crippen LogP contribution in [0, 0.1) is 0 Å². The molecule has 28 heavy (non-hydrogen) atoms. The lowest BCUT2D eigenvalue weighted by Gasteiger charge is -2.35. The topological polar surface area (TPSA) is 79.0 Å². The van der Waals surface area contributed by atoms with Gasteiger partial charge in [0, 0.05) is 16.6 Å². The van der Waals surface area contributed by atoms with Crippen LogP contribution in [0.5, 0.6) is 0 Å². The minimum atomic E-state index is -3.65. The first-order valence-corrected chi connectivity index (χ1v) is 10.7. The Morgan fingerprint density at radius 1 is 0.929 bits per heavy atom. The maximum absolute atomic E-state index is 12.7. The van der Waals surface area contributed by atoms with Crippen LogP contribution >= 0.6 is 0 Å². The van der Waals surface area contributed by atoms with Gasteiger partial charge in [-0.2, -0.15) is 0 Å². The lowest BCUT2D eigenvalue weighted by atomic mass is 9.75. The van der Waals surface area contributed by atoms with Crippen molar-refractivity contribution < 1.29 is 8.42 Å². The highest BCUT2D eigenvalue weighted by atomic mass is 32.2. The summed E-state index contributed by atoms with van der Waals surface area (Å²) >= 11 is 0. The van der Waals surface area contributed by atoms with Crippen LogP contribution < -0.4 is 10.3 Å². The molecule has 0 radical (unpaired) electrons. The number of nitrogens with one attached hydrogen (secondary N) is 2. The van der Waals surface area contributed by atoms with Crippen molar-refractivity contribution in [1.29, 1.82) is 0 Å². The Labute approximate surface area is 165 Å². The van der Waals surface area contributed by atoms with Crippen LogP contribution in [0.2, 0.25) is 0 Å². The van der Waals surface area contributed by atoms with Crippen LogP contribution in [0.1, 0.15) is 39.7 Å². The number of aromatic amines is 1. The molecular weight excluding hydrogens is 372 g/mol. The molecule has 2 aromatic carbocycles. The molecule has 3 aromatic rings.